The monoisotopic (exact) mass is 282 g/mol. The van der Waals surface area contributed by atoms with Gasteiger partial charge in [-0.05, 0) is 24.3 Å². The quantitative estimate of drug-likeness (QED) is 0.870. The average Bonchev–Trinajstić information content (AvgIpc) is 2.48. The molecule has 2 aromatic rings. The maximum absolute atomic E-state index is 11.9. The summed E-state index contributed by atoms with van der Waals surface area (Å²) in [5.74, 6) is 0.338. The van der Waals surface area contributed by atoms with Gasteiger partial charge in [-0.15, -0.1) is 0 Å². The molecule has 6 heteroatoms. The fraction of sp³-hybridized carbons (Fsp3) is 0.133. The lowest BCUT2D eigenvalue weighted by molar-refractivity contribution is -0.115. The summed E-state index contributed by atoms with van der Waals surface area (Å²) in [4.78, 5) is 16.0. The second-order valence-electron chi connectivity index (χ2n) is 4.28. The summed E-state index contributed by atoms with van der Waals surface area (Å²) in [5, 5.41) is 11.2. The number of amides is 1. The highest BCUT2D eigenvalue weighted by atomic mass is 16.5. The third-order valence-electron chi connectivity index (χ3n) is 2.61. The highest BCUT2D eigenvalue weighted by Gasteiger charge is 2.06. The molecule has 0 saturated carbocycles. The first-order valence-corrected chi connectivity index (χ1v) is 6.27. The standard InChI is InChI=1S/C15H14N4O2/c16-6-7-21-14-3-1-2-13(8-14)19-15(20)9-12-5-4-11(17)10-18-12/h1-5,8,10H,7,9,17H2,(H,19,20). The first kappa shape index (κ1) is 14.3. The van der Waals surface area contributed by atoms with Crippen molar-refractivity contribution < 1.29 is 9.53 Å². The summed E-state index contributed by atoms with van der Waals surface area (Å²) in [6.45, 7) is -0.0350. The first-order chi connectivity index (χ1) is 10.2. The van der Waals surface area contributed by atoms with Crippen molar-refractivity contribution in [3.05, 3.63) is 48.3 Å². The van der Waals surface area contributed by atoms with Crippen LogP contribution in [0.15, 0.2) is 42.6 Å². The molecule has 0 fully saturated rings. The van der Waals surface area contributed by atoms with E-state index in [1.54, 1.807) is 36.4 Å². The Labute approximate surface area is 122 Å². The molecule has 1 aromatic heterocycles. The fourth-order valence-electron chi connectivity index (χ4n) is 1.69. The van der Waals surface area contributed by atoms with Crippen LogP contribution in [-0.4, -0.2) is 17.5 Å². The molecule has 106 valence electrons. The summed E-state index contributed by atoms with van der Waals surface area (Å²) in [7, 11) is 0. The van der Waals surface area contributed by atoms with Crippen LogP contribution in [0.1, 0.15) is 5.69 Å². The van der Waals surface area contributed by atoms with Gasteiger partial charge in [0, 0.05) is 17.4 Å². The summed E-state index contributed by atoms with van der Waals surface area (Å²) in [6, 6.07) is 12.2. The molecule has 1 aromatic carbocycles. The van der Waals surface area contributed by atoms with E-state index in [4.69, 9.17) is 15.7 Å². The van der Waals surface area contributed by atoms with Crippen molar-refractivity contribution >= 4 is 17.3 Å². The molecule has 0 radical (unpaired) electrons. The Kier molecular flexibility index (Phi) is 4.72. The van der Waals surface area contributed by atoms with E-state index >= 15 is 0 Å². The van der Waals surface area contributed by atoms with E-state index in [9.17, 15) is 4.79 Å². The molecule has 0 saturated heterocycles. The number of nitriles is 1. The maximum atomic E-state index is 11.9. The lowest BCUT2D eigenvalue weighted by Crippen LogP contribution is -2.15. The van der Waals surface area contributed by atoms with E-state index in [0.717, 1.165) is 0 Å². The summed E-state index contributed by atoms with van der Waals surface area (Å²) >= 11 is 0. The van der Waals surface area contributed by atoms with Crippen LogP contribution >= 0.6 is 0 Å². The summed E-state index contributed by atoms with van der Waals surface area (Å²) in [6.07, 6.45) is 1.67. The Morgan fingerprint density at radius 1 is 1.38 bits per heavy atom. The van der Waals surface area contributed by atoms with Crippen molar-refractivity contribution in [1.29, 1.82) is 5.26 Å². The van der Waals surface area contributed by atoms with Gasteiger partial charge in [0.15, 0.2) is 6.61 Å². The van der Waals surface area contributed by atoms with Gasteiger partial charge in [-0.1, -0.05) is 6.07 Å². The summed E-state index contributed by atoms with van der Waals surface area (Å²) < 4.78 is 5.17. The van der Waals surface area contributed by atoms with E-state index in [0.29, 0.717) is 22.8 Å². The number of pyridine rings is 1. The molecule has 2 rings (SSSR count). The van der Waals surface area contributed by atoms with Crippen molar-refractivity contribution in [2.24, 2.45) is 0 Å². The number of carbonyl (C=O) groups is 1. The highest BCUT2D eigenvalue weighted by molar-refractivity contribution is 5.92. The number of anilines is 2. The molecule has 1 amide bonds. The van der Waals surface area contributed by atoms with Crippen LogP contribution in [0.4, 0.5) is 11.4 Å². The average molecular weight is 282 g/mol. The molecule has 0 aliphatic carbocycles. The number of hydrogen-bond acceptors (Lipinski definition) is 5. The second kappa shape index (κ2) is 6.91. The van der Waals surface area contributed by atoms with Gasteiger partial charge in [0.2, 0.25) is 5.91 Å². The molecule has 0 atom stereocenters. The highest BCUT2D eigenvalue weighted by Crippen LogP contribution is 2.17. The molecule has 0 bridgehead atoms. The van der Waals surface area contributed by atoms with E-state index in [1.807, 2.05) is 6.07 Å². The lowest BCUT2D eigenvalue weighted by atomic mass is 10.2. The molecule has 3 N–H and O–H groups in total. The van der Waals surface area contributed by atoms with E-state index in [2.05, 4.69) is 10.3 Å². The first-order valence-electron chi connectivity index (χ1n) is 6.27. The van der Waals surface area contributed by atoms with Gasteiger partial charge in [0.05, 0.1) is 18.3 Å². The second-order valence-corrected chi connectivity index (χ2v) is 4.28. The molecule has 0 unspecified atom stereocenters. The summed E-state index contributed by atoms with van der Waals surface area (Å²) in [5.41, 5.74) is 7.33. The normalized spacial score (nSPS) is 9.67. The number of aromatic nitrogens is 1. The van der Waals surface area contributed by atoms with Crippen LogP contribution in [0.2, 0.25) is 0 Å². The van der Waals surface area contributed by atoms with Crippen LogP contribution in [0.5, 0.6) is 5.75 Å². The number of nitrogen functional groups attached to an aromatic ring is 1. The minimum Gasteiger partial charge on any atom is -0.479 e. The van der Waals surface area contributed by atoms with Crippen LogP contribution in [0.25, 0.3) is 0 Å². The van der Waals surface area contributed by atoms with Crippen LogP contribution in [0.3, 0.4) is 0 Å². The predicted molar refractivity (Wildman–Crippen MR) is 78.5 cm³/mol. The molecule has 6 nitrogen and oxygen atoms in total. The number of benzene rings is 1. The molecule has 21 heavy (non-hydrogen) atoms. The topological polar surface area (TPSA) is 101 Å². The number of nitrogens with two attached hydrogens (primary N) is 1. The molecular formula is C15H14N4O2. The van der Waals surface area contributed by atoms with Crippen molar-refractivity contribution in [2.45, 2.75) is 6.42 Å². The zero-order valence-electron chi connectivity index (χ0n) is 11.2. The van der Waals surface area contributed by atoms with E-state index in [-0.39, 0.29) is 18.9 Å². The van der Waals surface area contributed by atoms with Crippen molar-refractivity contribution in [3.63, 3.8) is 0 Å². The van der Waals surface area contributed by atoms with Gasteiger partial charge in [-0.25, -0.2) is 0 Å². The SMILES string of the molecule is N#CCOc1cccc(NC(=O)Cc2ccc(N)cn2)c1. The van der Waals surface area contributed by atoms with Crippen molar-refractivity contribution in [1.82, 2.24) is 4.98 Å². The zero-order valence-corrected chi connectivity index (χ0v) is 11.2. The number of hydrogen-bond donors (Lipinski definition) is 2. The zero-order chi connectivity index (χ0) is 15.1. The van der Waals surface area contributed by atoms with Gasteiger partial charge >= 0.3 is 0 Å². The minimum atomic E-state index is -0.190. The Balaban J connectivity index is 1.96. The van der Waals surface area contributed by atoms with Gasteiger partial charge in [-0.2, -0.15) is 5.26 Å². The number of ether oxygens (including phenoxy) is 1. The molecular weight excluding hydrogens is 268 g/mol. The van der Waals surface area contributed by atoms with Gasteiger partial charge in [0.1, 0.15) is 11.8 Å². The smallest absolute Gasteiger partial charge is 0.230 e. The number of rotatable bonds is 5. The molecule has 0 aliphatic heterocycles. The van der Waals surface area contributed by atoms with E-state index < -0.39 is 0 Å². The van der Waals surface area contributed by atoms with Crippen LogP contribution in [-0.2, 0) is 11.2 Å². The van der Waals surface area contributed by atoms with Crippen molar-refractivity contribution in [2.75, 3.05) is 17.7 Å². The molecule has 0 aliphatic rings. The van der Waals surface area contributed by atoms with Gasteiger partial charge in [0.25, 0.3) is 0 Å². The van der Waals surface area contributed by atoms with Crippen LogP contribution < -0.4 is 15.8 Å². The third kappa shape index (κ3) is 4.51. The Morgan fingerprint density at radius 3 is 2.95 bits per heavy atom. The number of nitrogens with one attached hydrogen (secondary N) is 1. The Morgan fingerprint density at radius 2 is 2.24 bits per heavy atom. The number of carbonyl (C=O) groups excluding carboxylic acids is 1. The maximum Gasteiger partial charge on any atom is 0.230 e. The molecule has 0 spiro atoms. The predicted octanol–water partition coefficient (Wildman–Crippen LogP) is 1.75. The third-order valence-corrected chi connectivity index (χ3v) is 2.61. The number of nitrogens with zero attached hydrogens (tertiary/aromatic N) is 2. The fourth-order valence-corrected chi connectivity index (χ4v) is 1.69. The van der Waals surface area contributed by atoms with Crippen molar-refractivity contribution in [3.8, 4) is 11.8 Å². The van der Waals surface area contributed by atoms with E-state index in [1.165, 1.54) is 6.20 Å². The Hall–Kier alpha value is -3.07. The largest absolute Gasteiger partial charge is 0.479 e. The van der Waals surface area contributed by atoms with Gasteiger partial charge < -0.3 is 15.8 Å². The lowest BCUT2D eigenvalue weighted by Gasteiger charge is -2.07. The molecule has 1 heterocycles. The van der Waals surface area contributed by atoms with Crippen LogP contribution in [0, 0.1) is 11.3 Å². The van der Waals surface area contributed by atoms with Gasteiger partial charge in [-0.3, -0.25) is 9.78 Å². The minimum absolute atomic E-state index is 0.0350. The Bertz CT molecular complexity index is 662.